The van der Waals surface area contributed by atoms with Crippen molar-refractivity contribution in [3.05, 3.63) is 33.7 Å². The number of hydrogen-bond acceptors (Lipinski definition) is 2. The third-order valence-corrected chi connectivity index (χ3v) is 3.25. The van der Waals surface area contributed by atoms with E-state index in [1.807, 2.05) is 4.98 Å². The lowest BCUT2D eigenvalue weighted by Gasteiger charge is -2.25. The number of rotatable bonds is 3. The summed E-state index contributed by atoms with van der Waals surface area (Å²) in [6, 6.07) is 0.578. The Hall–Kier alpha value is -1.79. The van der Waals surface area contributed by atoms with Crippen LogP contribution in [0.5, 0.6) is 0 Å². The molecule has 0 spiro atoms. The van der Waals surface area contributed by atoms with Crippen molar-refractivity contribution in [1.29, 1.82) is 0 Å². The van der Waals surface area contributed by atoms with Crippen molar-refractivity contribution in [2.75, 3.05) is 6.54 Å². The number of carbonyl (C=O) groups excluding carboxylic acids is 1. The largest absolute Gasteiger partial charge is 0.421 e. The summed E-state index contributed by atoms with van der Waals surface area (Å²) in [6.45, 7) is 0.458. The molecule has 0 bridgehead atoms. The van der Waals surface area contributed by atoms with Crippen LogP contribution < -0.4 is 10.9 Å². The molecule has 1 aromatic heterocycles. The number of hydrogen-bond donors (Lipinski definition) is 2. The second kappa shape index (κ2) is 5.07. The molecule has 0 unspecified atom stereocenters. The molecule has 2 N–H and O–H groups in total. The fourth-order valence-corrected chi connectivity index (χ4v) is 1.86. The molecule has 1 aliphatic carbocycles. The summed E-state index contributed by atoms with van der Waals surface area (Å²) in [5.41, 5.74) is -2.79. The second-order valence-electron chi connectivity index (χ2n) is 4.64. The Morgan fingerprint density at radius 1 is 1.42 bits per heavy atom. The molecule has 104 valence electrons. The molecule has 1 amide bonds. The molecule has 0 radical (unpaired) electrons. The van der Waals surface area contributed by atoms with Crippen LogP contribution in [0, 0.1) is 5.92 Å². The normalized spacial score (nSPS) is 15.9. The zero-order valence-corrected chi connectivity index (χ0v) is 10.0. The van der Waals surface area contributed by atoms with Gasteiger partial charge in [0.15, 0.2) is 0 Å². The molecule has 7 heteroatoms. The number of pyridine rings is 1. The van der Waals surface area contributed by atoms with Gasteiger partial charge in [-0.05, 0) is 24.8 Å². The lowest BCUT2D eigenvalue weighted by Crippen LogP contribution is -2.33. The maximum Gasteiger partial charge on any atom is 0.421 e. The van der Waals surface area contributed by atoms with Crippen LogP contribution in [-0.4, -0.2) is 17.4 Å². The summed E-state index contributed by atoms with van der Waals surface area (Å²) < 4.78 is 37.6. The quantitative estimate of drug-likeness (QED) is 0.884. The van der Waals surface area contributed by atoms with Gasteiger partial charge >= 0.3 is 6.18 Å². The molecule has 0 atom stereocenters. The van der Waals surface area contributed by atoms with Crippen LogP contribution in [0.25, 0.3) is 0 Å². The molecular weight excluding hydrogens is 261 g/mol. The number of aromatic nitrogens is 1. The van der Waals surface area contributed by atoms with Crippen LogP contribution in [0.1, 0.15) is 35.2 Å². The van der Waals surface area contributed by atoms with Gasteiger partial charge in [0.05, 0.1) is 5.56 Å². The second-order valence-corrected chi connectivity index (χ2v) is 4.64. The van der Waals surface area contributed by atoms with E-state index in [1.165, 1.54) is 0 Å². The first-order valence-corrected chi connectivity index (χ1v) is 5.96. The zero-order chi connectivity index (χ0) is 14.0. The minimum Gasteiger partial charge on any atom is -0.352 e. The Morgan fingerprint density at radius 2 is 2.11 bits per heavy atom. The lowest BCUT2D eigenvalue weighted by atomic mass is 9.85. The Kier molecular flexibility index (Phi) is 3.64. The van der Waals surface area contributed by atoms with Gasteiger partial charge in [-0.2, -0.15) is 13.2 Å². The molecule has 1 aromatic rings. The first kappa shape index (κ1) is 13.6. The molecule has 1 aliphatic rings. The summed E-state index contributed by atoms with van der Waals surface area (Å²) in [6.07, 6.45) is -0.595. The van der Waals surface area contributed by atoms with Crippen molar-refractivity contribution in [3.63, 3.8) is 0 Å². The van der Waals surface area contributed by atoms with E-state index in [2.05, 4.69) is 5.32 Å². The SMILES string of the molecule is O=C(NCC1CCC1)c1c[nH]c(=O)c(C(F)(F)F)c1. The van der Waals surface area contributed by atoms with E-state index in [9.17, 15) is 22.8 Å². The summed E-state index contributed by atoms with van der Waals surface area (Å²) >= 11 is 0. The Balaban J connectivity index is 2.11. The van der Waals surface area contributed by atoms with Crippen molar-refractivity contribution in [1.82, 2.24) is 10.3 Å². The van der Waals surface area contributed by atoms with E-state index in [1.54, 1.807) is 0 Å². The topological polar surface area (TPSA) is 62.0 Å². The molecule has 1 fully saturated rings. The highest BCUT2D eigenvalue weighted by molar-refractivity contribution is 5.94. The van der Waals surface area contributed by atoms with Gasteiger partial charge in [-0.15, -0.1) is 0 Å². The molecule has 0 aliphatic heterocycles. The van der Waals surface area contributed by atoms with Crippen molar-refractivity contribution < 1.29 is 18.0 Å². The minimum atomic E-state index is -4.77. The van der Waals surface area contributed by atoms with E-state index < -0.39 is 23.2 Å². The van der Waals surface area contributed by atoms with Gasteiger partial charge < -0.3 is 10.3 Å². The van der Waals surface area contributed by atoms with Gasteiger partial charge in [0, 0.05) is 12.7 Å². The van der Waals surface area contributed by atoms with Crippen LogP contribution in [0.3, 0.4) is 0 Å². The predicted molar refractivity (Wildman–Crippen MR) is 61.7 cm³/mol. The maximum absolute atomic E-state index is 12.5. The highest BCUT2D eigenvalue weighted by Gasteiger charge is 2.34. The van der Waals surface area contributed by atoms with Gasteiger partial charge in [-0.25, -0.2) is 0 Å². The Morgan fingerprint density at radius 3 is 2.63 bits per heavy atom. The summed E-state index contributed by atoms with van der Waals surface area (Å²) in [5.74, 6) is -0.192. The number of nitrogens with one attached hydrogen (secondary N) is 2. The van der Waals surface area contributed by atoms with E-state index in [0.717, 1.165) is 25.5 Å². The first-order valence-electron chi connectivity index (χ1n) is 5.96. The number of amides is 1. The van der Waals surface area contributed by atoms with Crippen LogP contribution in [0.4, 0.5) is 13.2 Å². The highest BCUT2D eigenvalue weighted by Crippen LogP contribution is 2.27. The minimum absolute atomic E-state index is 0.189. The van der Waals surface area contributed by atoms with Gasteiger partial charge in [0.2, 0.25) is 0 Å². The average molecular weight is 274 g/mol. The molecule has 0 aromatic carbocycles. The van der Waals surface area contributed by atoms with E-state index in [4.69, 9.17) is 0 Å². The standard InChI is InChI=1S/C12H13F3N2O2/c13-12(14,15)9-4-8(6-17-11(9)19)10(18)16-5-7-2-1-3-7/h4,6-7H,1-3,5H2,(H,16,18)(H,17,19). The monoisotopic (exact) mass is 274 g/mol. The molecule has 2 rings (SSSR count). The summed E-state index contributed by atoms with van der Waals surface area (Å²) in [7, 11) is 0. The molecule has 19 heavy (non-hydrogen) atoms. The summed E-state index contributed by atoms with van der Waals surface area (Å²) in [5, 5.41) is 2.57. The fraction of sp³-hybridized carbons (Fsp3) is 0.500. The third kappa shape index (κ3) is 3.15. The molecule has 1 heterocycles. The molecular formula is C12H13F3N2O2. The zero-order valence-electron chi connectivity index (χ0n) is 10.0. The smallest absolute Gasteiger partial charge is 0.352 e. The van der Waals surface area contributed by atoms with Crippen molar-refractivity contribution in [2.45, 2.75) is 25.4 Å². The number of aromatic amines is 1. The van der Waals surface area contributed by atoms with Crippen molar-refractivity contribution >= 4 is 5.91 Å². The highest BCUT2D eigenvalue weighted by atomic mass is 19.4. The van der Waals surface area contributed by atoms with Gasteiger partial charge in [-0.3, -0.25) is 9.59 Å². The average Bonchev–Trinajstić information content (AvgIpc) is 2.25. The van der Waals surface area contributed by atoms with Gasteiger partial charge in [-0.1, -0.05) is 6.42 Å². The van der Waals surface area contributed by atoms with Gasteiger partial charge in [0.25, 0.3) is 11.5 Å². The van der Waals surface area contributed by atoms with E-state index in [0.29, 0.717) is 18.5 Å². The van der Waals surface area contributed by atoms with Crippen molar-refractivity contribution in [3.8, 4) is 0 Å². The predicted octanol–water partition coefficient (Wildman–Crippen LogP) is 1.92. The number of alkyl halides is 3. The number of H-pyrrole nitrogens is 1. The van der Waals surface area contributed by atoms with Crippen LogP contribution in [0.2, 0.25) is 0 Å². The molecule has 4 nitrogen and oxygen atoms in total. The Labute approximate surface area is 107 Å². The first-order chi connectivity index (χ1) is 8.88. The molecule has 0 saturated heterocycles. The van der Waals surface area contributed by atoms with Crippen LogP contribution >= 0.6 is 0 Å². The third-order valence-electron chi connectivity index (χ3n) is 3.25. The Bertz CT molecular complexity index is 533. The van der Waals surface area contributed by atoms with Gasteiger partial charge in [0.1, 0.15) is 5.56 Å². The maximum atomic E-state index is 12.5. The van der Waals surface area contributed by atoms with E-state index in [-0.39, 0.29) is 5.56 Å². The molecule has 1 saturated carbocycles. The summed E-state index contributed by atoms with van der Waals surface area (Å²) in [4.78, 5) is 24.7. The fourth-order valence-electron chi connectivity index (χ4n) is 1.86. The van der Waals surface area contributed by atoms with Crippen LogP contribution in [-0.2, 0) is 6.18 Å². The van der Waals surface area contributed by atoms with E-state index >= 15 is 0 Å². The number of halogens is 3. The number of carbonyl (C=O) groups is 1. The van der Waals surface area contributed by atoms with Crippen LogP contribution in [0.15, 0.2) is 17.1 Å². The van der Waals surface area contributed by atoms with Crippen molar-refractivity contribution in [2.24, 2.45) is 5.92 Å². The lowest BCUT2D eigenvalue weighted by molar-refractivity contribution is -0.138.